The van der Waals surface area contributed by atoms with Crippen LogP contribution in [0.1, 0.15) is 19.4 Å². The summed E-state index contributed by atoms with van der Waals surface area (Å²) in [6.45, 7) is 1.89. The van der Waals surface area contributed by atoms with Crippen molar-refractivity contribution in [3.05, 3.63) is 30.3 Å². The number of hydrogen-bond donors (Lipinski definition) is 0. The van der Waals surface area contributed by atoms with Gasteiger partial charge in [-0.05, 0) is 12.1 Å². The van der Waals surface area contributed by atoms with E-state index in [1.807, 2.05) is 37.3 Å². The van der Waals surface area contributed by atoms with Gasteiger partial charge in [0.15, 0.2) is 0 Å². The maximum absolute atomic E-state index is 8.58. The number of rotatable bonds is 3. The van der Waals surface area contributed by atoms with Crippen molar-refractivity contribution in [1.82, 2.24) is 20.2 Å². The lowest BCUT2D eigenvalue weighted by molar-refractivity contribution is 0.431. The fraction of sp³-hybridized carbons (Fsp3) is 0.273. The zero-order chi connectivity index (χ0) is 11.4. The summed E-state index contributed by atoms with van der Waals surface area (Å²) >= 11 is 0. The maximum Gasteiger partial charge on any atom is 0.204 e. The predicted molar refractivity (Wildman–Crippen MR) is 58.2 cm³/mol. The first kappa shape index (κ1) is 10.3. The van der Waals surface area contributed by atoms with Crippen molar-refractivity contribution in [3.8, 4) is 17.5 Å². The van der Waals surface area contributed by atoms with Crippen LogP contribution in [-0.2, 0) is 0 Å². The SMILES string of the molecule is CC(CC#N)n1nnc(-c2ccccc2)n1. The molecule has 0 saturated heterocycles. The van der Waals surface area contributed by atoms with Crippen LogP contribution in [0, 0.1) is 11.3 Å². The lowest BCUT2D eigenvalue weighted by Crippen LogP contribution is -2.08. The second-order valence-electron chi connectivity index (χ2n) is 3.51. The third-order valence-electron chi connectivity index (χ3n) is 2.24. The van der Waals surface area contributed by atoms with Gasteiger partial charge in [-0.25, -0.2) is 0 Å². The van der Waals surface area contributed by atoms with Gasteiger partial charge in [0.25, 0.3) is 0 Å². The summed E-state index contributed by atoms with van der Waals surface area (Å²) in [5.74, 6) is 0.588. The summed E-state index contributed by atoms with van der Waals surface area (Å²) in [5.41, 5.74) is 0.929. The quantitative estimate of drug-likeness (QED) is 0.779. The van der Waals surface area contributed by atoms with Gasteiger partial charge >= 0.3 is 0 Å². The van der Waals surface area contributed by atoms with Crippen LogP contribution in [0.2, 0.25) is 0 Å². The van der Waals surface area contributed by atoms with E-state index in [4.69, 9.17) is 5.26 Å². The molecule has 80 valence electrons. The van der Waals surface area contributed by atoms with Crippen molar-refractivity contribution in [2.75, 3.05) is 0 Å². The van der Waals surface area contributed by atoms with Crippen LogP contribution in [-0.4, -0.2) is 20.2 Å². The first-order valence-corrected chi connectivity index (χ1v) is 5.03. The van der Waals surface area contributed by atoms with Crippen LogP contribution in [0.15, 0.2) is 30.3 Å². The summed E-state index contributed by atoms with van der Waals surface area (Å²) in [6.07, 6.45) is 0.380. The maximum atomic E-state index is 8.58. The lowest BCUT2D eigenvalue weighted by atomic mass is 10.2. The second kappa shape index (κ2) is 4.53. The number of nitrogens with zero attached hydrogens (tertiary/aromatic N) is 5. The van der Waals surface area contributed by atoms with E-state index in [2.05, 4.69) is 21.5 Å². The highest BCUT2D eigenvalue weighted by molar-refractivity contribution is 5.52. The van der Waals surface area contributed by atoms with Crippen LogP contribution in [0.25, 0.3) is 11.4 Å². The van der Waals surface area contributed by atoms with Gasteiger partial charge in [0, 0.05) is 5.56 Å². The fourth-order valence-electron chi connectivity index (χ4n) is 1.33. The smallest absolute Gasteiger partial charge is 0.198 e. The summed E-state index contributed by atoms with van der Waals surface area (Å²) in [6, 6.07) is 11.7. The molecular formula is C11H11N5. The number of hydrogen-bond acceptors (Lipinski definition) is 4. The Hall–Kier alpha value is -2.22. The third kappa shape index (κ3) is 2.06. The molecule has 1 unspecified atom stereocenters. The minimum Gasteiger partial charge on any atom is -0.198 e. The molecule has 16 heavy (non-hydrogen) atoms. The Kier molecular flexibility index (Phi) is 2.92. The molecule has 0 saturated carbocycles. The lowest BCUT2D eigenvalue weighted by Gasteiger charge is -2.02. The van der Waals surface area contributed by atoms with Crippen LogP contribution >= 0.6 is 0 Å². The molecule has 2 aromatic rings. The van der Waals surface area contributed by atoms with Crippen molar-refractivity contribution in [2.45, 2.75) is 19.4 Å². The van der Waals surface area contributed by atoms with Crippen molar-refractivity contribution in [2.24, 2.45) is 0 Å². The van der Waals surface area contributed by atoms with Gasteiger partial charge in [0.05, 0.1) is 18.5 Å². The van der Waals surface area contributed by atoms with Crippen molar-refractivity contribution in [3.63, 3.8) is 0 Å². The summed E-state index contributed by atoms with van der Waals surface area (Å²) < 4.78 is 0. The van der Waals surface area contributed by atoms with Gasteiger partial charge in [-0.15, -0.1) is 10.2 Å². The summed E-state index contributed by atoms with van der Waals surface area (Å²) in [7, 11) is 0. The summed E-state index contributed by atoms with van der Waals surface area (Å²) in [4.78, 5) is 1.48. The van der Waals surface area contributed by atoms with E-state index < -0.39 is 0 Å². The Labute approximate surface area is 93.3 Å². The Balaban J connectivity index is 2.24. The molecule has 0 aliphatic heterocycles. The Bertz CT molecular complexity index is 497. The molecule has 0 aliphatic rings. The second-order valence-corrected chi connectivity index (χ2v) is 3.51. The van der Waals surface area contributed by atoms with Crippen LogP contribution in [0.5, 0.6) is 0 Å². The molecule has 5 nitrogen and oxygen atoms in total. The van der Waals surface area contributed by atoms with Crippen LogP contribution in [0.4, 0.5) is 0 Å². The van der Waals surface area contributed by atoms with E-state index in [1.165, 1.54) is 4.80 Å². The van der Waals surface area contributed by atoms with Gasteiger partial charge in [0.1, 0.15) is 0 Å². The van der Waals surface area contributed by atoms with Crippen LogP contribution in [0.3, 0.4) is 0 Å². The molecule has 0 amide bonds. The molecule has 0 bridgehead atoms. The van der Waals surface area contributed by atoms with E-state index in [1.54, 1.807) is 0 Å². The van der Waals surface area contributed by atoms with Gasteiger partial charge in [0.2, 0.25) is 5.82 Å². The van der Waals surface area contributed by atoms with Crippen LogP contribution < -0.4 is 0 Å². The molecule has 2 rings (SSSR count). The first-order chi connectivity index (χ1) is 7.81. The van der Waals surface area contributed by atoms with Crippen molar-refractivity contribution >= 4 is 0 Å². The fourth-order valence-corrected chi connectivity index (χ4v) is 1.33. The molecule has 1 atom stereocenters. The number of aromatic nitrogens is 4. The van der Waals surface area contributed by atoms with Crippen molar-refractivity contribution in [1.29, 1.82) is 5.26 Å². The van der Waals surface area contributed by atoms with E-state index in [-0.39, 0.29) is 6.04 Å². The van der Waals surface area contributed by atoms with Gasteiger partial charge in [-0.1, -0.05) is 30.3 Å². The third-order valence-corrected chi connectivity index (χ3v) is 2.24. The van der Waals surface area contributed by atoms with E-state index in [9.17, 15) is 0 Å². The molecule has 0 radical (unpaired) electrons. The normalized spacial score (nSPS) is 12.0. The van der Waals surface area contributed by atoms with E-state index in [0.717, 1.165) is 5.56 Å². The standard InChI is InChI=1S/C11H11N5/c1-9(7-8-12)16-14-11(13-15-16)10-5-3-2-4-6-10/h2-6,9H,7H2,1H3. The topological polar surface area (TPSA) is 67.4 Å². The molecule has 0 aliphatic carbocycles. The monoisotopic (exact) mass is 213 g/mol. The van der Waals surface area contributed by atoms with Gasteiger partial charge in [-0.2, -0.15) is 10.1 Å². The first-order valence-electron chi connectivity index (χ1n) is 5.03. The highest BCUT2D eigenvalue weighted by Gasteiger charge is 2.10. The van der Waals surface area contributed by atoms with Gasteiger partial charge < -0.3 is 0 Å². The molecule has 1 heterocycles. The summed E-state index contributed by atoms with van der Waals surface area (Å²) in [5, 5.41) is 20.7. The number of tetrazole rings is 1. The van der Waals surface area contributed by atoms with E-state index >= 15 is 0 Å². The molecule has 1 aromatic carbocycles. The Morgan fingerprint density at radius 3 is 2.81 bits per heavy atom. The highest BCUT2D eigenvalue weighted by atomic mass is 15.6. The Morgan fingerprint density at radius 2 is 2.12 bits per heavy atom. The number of benzene rings is 1. The zero-order valence-electron chi connectivity index (χ0n) is 8.91. The highest BCUT2D eigenvalue weighted by Crippen LogP contribution is 2.14. The number of nitriles is 1. The molecule has 5 heteroatoms. The average Bonchev–Trinajstić information content (AvgIpc) is 2.80. The minimum atomic E-state index is -0.0463. The molecule has 1 aromatic heterocycles. The van der Waals surface area contributed by atoms with Gasteiger partial charge in [-0.3, -0.25) is 0 Å². The molecule has 0 spiro atoms. The predicted octanol–water partition coefficient (Wildman–Crippen LogP) is 1.81. The molecule has 0 fully saturated rings. The molecular weight excluding hydrogens is 202 g/mol. The largest absolute Gasteiger partial charge is 0.204 e. The minimum absolute atomic E-state index is 0.0463. The molecule has 0 N–H and O–H groups in total. The Morgan fingerprint density at radius 1 is 1.38 bits per heavy atom. The zero-order valence-corrected chi connectivity index (χ0v) is 8.91. The average molecular weight is 213 g/mol. The van der Waals surface area contributed by atoms with E-state index in [0.29, 0.717) is 12.2 Å². The van der Waals surface area contributed by atoms with Crippen molar-refractivity contribution < 1.29 is 0 Å².